The number of amides is 3. The van der Waals surface area contributed by atoms with Gasteiger partial charge in [-0.15, -0.1) is 0 Å². The van der Waals surface area contributed by atoms with Crippen LogP contribution in [0.15, 0.2) is 42.5 Å². The standard InChI is InChI=1S/C25H33N3O5/c1-17(2)20-16-27(24(29)15-18-10-11-22(32-4)23(14-18)33-5)12-13-28(20)25(30)26-19-8-6-7-9-21(19)31-3/h6-11,14,17,20H,12-13,15-16H2,1-5H3,(H,26,30). The summed E-state index contributed by atoms with van der Waals surface area (Å²) in [4.78, 5) is 29.8. The van der Waals surface area contributed by atoms with Crippen LogP contribution >= 0.6 is 0 Å². The van der Waals surface area contributed by atoms with Crippen LogP contribution in [0.2, 0.25) is 0 Å². The van der Waals surface area contributed by atoms with Crippen LogP contribution in [0.4, 0.5) is 10.5 Å². The van der Waals surface area contributed by atoms with Crippen LogP contribution in [0.3, 0.4) is 0 Å². The Morgan fingerprint density at radius 2 is 1.67 bits per heavy atom. The normalized spacial score (nSPS) is 15.9. The summed E-state index contributed by atoms with van der Waals surface area (Å²) >= 11 is 0. The minimum Gasteiger partial charge on any atom is -0.495 e. The molecule has 1 N–H and O–H groups in total. The average molecular weight is 456 g/mol. The lowest BCUT2D eigenvalue weighted by Crippen LogP contribution is -2.59. The molecule has 0 bridgehead atoms. The number of carbonyl (C=O) groups excluding carboxylic acids is 2. The molecule has 1 saturated heterocycles. The summed E-state index contributed by atoms with van der Waals surface area (Å²) in [5.41, 5.74) is 1.48. The molecule has 1 aliphatic rings. The summed E-state index contributed by atoms with van der Waals surface area (Å²) in [5.74, 6) is 2.04. The van der Waals surface area contributed by atoms with Gasteiger partial charge in [-0.05, 0) is 35.7 Å². The number of methoxy groups -OCH3 is 3. The fraction of sp³-hybridized carbons (Fsp3) is 0.440. The number of nitrogens with one attached hydrogen (secondary N) is 1. The Balaban J connectivity index is 1.67. The monoisotopic (exact) mass is 455 g/mol. The predicted octanol–water partition coefficient (Wildman–Crippen LogP) is 3.66. The van der Waals surface area contributed by atoms with E-state index in [1.807, 2.05) is 40.1 Å². The number of para-hydroxylation sites is 2. The van der Waals surface area contributed by atoms with Gasteiger partial charge in [-0.2, -0.15) is 0 Å². The SMILES string of the molecule is COc1ccccc1NC(=O)N1CCN(C(=O)Cc2ccc(OC)c(OC)c2)CC1C(C)C. The number of urea groups is 1. The second kappa shape index (κ2) is 10.9. The zero-order valence-corrected chi connectivity index (χ0v) is 20.0. The lowest BCUT2D eigenvalue weighted by Gasteiger charge is -2.43. The van der Waals surface area contributed by atoms with Gasteiger partial charge >= 0.3 is 6.03 Å². The van der Waals surface area contributed by atoms with Crippen molar-refractivity contribution in [3.8, 4) is 17.2 Å². The molecule has 8 nitrogen and oxygen atoms in total. The average Bonchev–Trinajstić information content (AvgIpc) is 2.83. The van der Waals surface area contributed by atoms with Gasteiger partial charge in [0.25, 0.3) is 0 Å². The number of ether oxygens (including phenoxy) is 3. The number of rotatable bonds is 7. The van der Waals surface area contributed by atoms with Gasteiger partial charge in [0, 0.05) is 19.6 Å². The molecule has 1 heterocycles. The molecule has 8 heteroatoms. The zero-order valence-electron chi connectivity index (χ0n) is 20.0. The number of benzene rings is 2. The first kappa shape index (κ1) is 24.2. The number of nitrogens with zero attached hydrogens (tertiary/aromatic N) is 2. The number of hydrogen-bond donors (Lipinski definition) is 1. The molecule has 0 spiro atoms. The van der Waals surface area contributed by atoms with Gasteiger partial charge in [-0.1, -0.05) is 32.0 Å². The van der Waals surface area contributed by atoms with Gasteiger partial charge in [0.05, 0.1) is 39.5 Å². The number of anilines is 1. The maximum atomic E-state index is 13.1. The van der Waals surface area contributed by atoms with Gasteiger partial charge in [0.15, 0.2) is 11.5 Å². The van der Waals surface area contributed by atoms with Crippen LogP contribution in [0.25, 0.3) is 0 Å². The highest BCUT2D eigenvalue weighted by Crippen LogP contribution is 2.28. The number of hydrogen-bond acceptors (Lipinski definition) is 5. The van der Waals surface area contributed by atoms with E-state index in [-0.39, 0.29) is 30.3 Å². The molecule has 1 atom stereocenters. The Hall–Kier alpha value is -3.42. The van der Waals surface area contributed by atoms with E-state index in [1.165, 1.54) is 0 Å². The molecule has 1 unspecified atom stereocenters. The minimum absolute atomic E-state index is 0.0256. The Morgan fingerprint density at radius 3 is 2.33 bits per heavy atom. The van der Waals surface area contributed by atoms with Crippen LogP contribution in [0, 0.1) is 5.92 Å². The van der Waals surface area contributed by atoms with E-state index >= 15 is 0 Å². The van der Waals surface area contributed by atoms with Crippen molar-refractivity contribution in [2.24, 2.45) is 5.92 Å². The number of piperazine rings is 1. The zero-order chi connectivity index (χ0) is 24.0. The lowest BCUT2D eigenvalue weighted by atomic mass is 9.99. The third-order valence-electron chi connectivity index (χ3n) is 5.95. The van der Waals surface area contributed by atoms with Crippen molar-refractivity contribution in [3.63, 3.8) is 0 Å². The van der Waals surface area contributed by atoms with E-state index in [0.29, 0.717) is 42.6 Å². The summed E-state index contributed by atoms with van der Waals surface area (Å²) in [7, 11) is 4.73. The molecule has 1 fully saturated rings. The third kappa shape index (κ3) is 5.69. The van der Waals surface area contributed by atoms with Crippen molar-refractivity contribution >= 4 is 17.6 Å². The first-order valence-corrected chi connectivity index (χ1v) is 11.1. The maximum absolute atomic E-state index is 13.1. The van der Waals surface area contributed by atoms with Gasteiger partial charge in [0.1, 0.15) is 5.75 Å². The Labute approximate surface area is 195 Å². The molecule has 2 aromatic carbocycles. The Kier molecular flexibility index (Phi) is 8.03. The molecule has 3 amide bonds. The fourth-order valence-electron chi connectivity index (χ4n) is 4.07. The van der Waals surface area contributed by atoms with Gasteiger partial charge in [-0.3, -0.25) is 4.79 Å². The van der Waals surface area contributed by atoms with Crippen LogP contribution in [-0.2, 0) is 11.2 Å². The smallest absolute Gasteiger partial charge is 0.322 e. The fourth-order valence-corrected chi connectivity index (χ4v) is 4.07. The van der Waals surface area contributed by atoms with Crippen molar-refractivity contribution in [2.45, 2.75) is 26.3 Å². The Morgan fingerprint density at radius 1 is 0.970 bits per heavy atom. The molecule has 2 aromatic rings. The molecule has 0 aliphatic carbocycles. The molecule has 0 saturated carbocycles. The van der Waals surface area contributed by atoms with E-state index in [0.717, 1.165) is 5.56 Å². The van der Waals surface area contributed by atoms with E-state index in [2.05, 4.69) is 19.2 Å². The maximum Gasteiger partial charge on any atom is 0.322 e. The third-order valence-corrected chi connectivity index (χ3v) is 5.95. The first-order chi connectivity index (χ1) is 15.9. The lowest BCUT2D eigenvalue weighted by molar-refractivity contribution is -0.133. The molecular formula is C25H33N3O5. The summed E-state index contributed by atoms with van der Waals surface area (Å²) in [6.45, 7) is 5.56. The molecule has 1 aliphatic heterocycles. The van der Waals surface area contributed by atoms with Gasteiger partial charge in [0.2, 0.25) is 5.91 Å². The summed E-state index contributed by atoms with van der Waals surface area (Å²) in [6, 6.07) is 12.5. The highest BCUT2D eigenvalue weighted by molar-refractivity contribution is 5.91. The van der Waals surface area contributed by atoms with E-state index in [1.54, 1.807) is 33.5 Å². The highest BCUT2D eigenvalue weighted by atomic mass is 16.5. The van der Waals surface area contributed by atoms with Crippen molar-refractivity contribution in [1.29, 1.82) is 0 Å². The van der Waals surface area contributed by atoms with Crippen molar-refractivity contribution in [3.05, 3.63) is 48.0 Å². The second-order valence-corrected chi connectivity index (χ2v) is 8.34. The van der Waals surface area contributed by atoms with Gasteiger partial charge < -0.3 is 29.3 Å². The summed E-state index contributed by atoms with van der Waals surface area (Å²) < 4.78 is 16.0. The van der Waals surface area contributed by atoms with Crippen molar-refractivity contribution in [2.75, 3.05) is 46.3 Å². The van der Waals surface area contributed by atoms with Crippen LogP contribution in [-0.4, -0.2) is 68.7 Å². The predicted molar refractivity (Wildman–Crippen MR) is 127 cm³/mol. The van der Waals surface area contributed by atoms with E-state index in [4.69, 9.17) is 14.2 Å². The van der Waals surface area contributed by atoms with Crippen LogP contribution < -0.4 is 19.5 Å². The molecule has 0 aromatic heterocycles. The van der Waals surface area contributed by atoms with E-state index in [9.17, 15) is 9.59 Å². The quantitative estimate of drug-likeness (QED) is 0.689. The highest BCUT2D eigenvalue weighted by Gasteiger charge is 2.34. The van der Waals surface area contributed by atoms with Crippen molar-refractivity contribution < 1.29 is 23.8 Å². The Bertz CT molecular complexity index is 978. The topological polar surface area (TPSA) is 80.3 Å². The largest absolute Gasteiger partial charge is 0.495 e. The molecular weight excluding hydrogens is 422 g/mol. The van der Waals surface area contributed by atoms with E-state index < -0.39 is 0 Å². The summed E-state index contributed by atoms with van der Waals surface area (Å²) in [5, 5.41) is 2.96. The van der Waals surface area contributed by atoms with Crippen LogP contribution in [0.1, 0.15) is 19.4 Å². The molecule has 0 radical (unpaired) electrons. The van der Waals surface area contributed by atoms with Gasteiger partial charge in [-0.25, -0.2) is 4.79 Å². The number of carbonyl (C=O) groups is 2. The first-order valence-electron chi connectivity index (χ1n) is 11.1. The van der Waals surface area contributed by atoms with Crippen molar-refractivity contribution in [1.82, 2.24) is 9.80 Å². The molecule has 3 rings (SSSR count). The van der Waals surface area contributed by atoms with Crippen LogP contribution in [0.5, 0.6) is 17.2 Å². The molecule has 33 heavy (non-hydrogen) atoms. The molecule has 178 valence electrons. The summed E-state index contributed by atoms with van der Waals surface area (Å²) in [6.07, 6.45) is 0.262. The second-order valence-electron chi connectivity index (χ2n) is 8.34. The minimum atomic E-state index is -0.190.